The summed E-state index contributed by atoms with van der Waals surface area (Å²) in [6.45, 7) is 6.91. The average molecular weight is 326 g/mol. The van der Waals surface area contributed by atoms with Crippen LogP contribution in [0.1, 0.15) is 32.3 Å². The predicted octanol–water partition coefficient (Wildman–Crippen LogP) is 5.13. The molecule has 21 heavy (non-hydrogen) atoms. The van der Waals surface area contributed by atoms with E-state index in [1.165, 1.54) is 6.33 Å². The highest BCUT2D eigenvalue weighted by Crippen LogP contribution is 2.37. The summed E-state index contributed by atoms with van der Waals surface area (Å²) in [4.78, 5) is 8.50. The first-order valence-corrected chi connectivity index (χ1v) is 7.50. The van der Waals surface area contributed by atoms with Crippen molar-refractivity contribution in [2.75, 3.05) is 11.9 Å². The van der Waals surface area contributed by atoms with Crippen LogP contribution in [0.3, 0.4) is 0 Å². The Labute approximate surface area is 134 Å². The molecule has 4 nitrogen and oxygen atoms in total. The van der Waals surface area contributed by atoms with Gasteiger partial charge in [0.2, 0.25) is 5.88 Å². The average Bonchev–Trinajstić information content (AvgIpc) is 2.44. The normalized spacial score (nSPS) is 10.8. The van der Waals surface area contributed by atoms with E-state index < -0.39 is 0 Å². The van der Waals surface area contributed by atoms with Crippen LogP contribution in [-0.4, -0.2) is 16.5 Å². The number of aromatic nitrogens is 2. The predicted molar refractivity (Wildman–Crippen MR) is 86.8 cm³/mol. The van der Waals surface area contributed by atoms with Gasteiger partial charge >= 0.3 is 0 Å². The zero-order valence-corrected chi connectivity index (χ0v) is 13.7. The quantitative estimate of drug-likeness (QED) is 0.827. The molecule has 0 bridgehead atoms. The number of halogens is 2. The third-order valence-corrected chi connectivity index (χ3v) is 3.69. The molecule has 0 saturated carbocycles. The van der Waals surface area contributed by atoms with Crippen LogP contribution < -0.4 is 10.1 Å². The van der Waals surface area contributed by atoms with E-state index in [4.69, 9.17) is 27.9 Å². The third-order valence-electron chi connectivity index (χ3n) is 2.89. The van der Waals surface area contributed by atoms with E-state index in [-0.39, 0.29) is 5.92 Å². The highest BCUT2D eigenvalue weighted by atomic mass is 35.5. The lowest BCUT2D eigenvalue weighted by Crippen LogP contribution is -2.07. The van der Waals surface area contributed by atoms with Gasteiger partial charge in [-0.1, -0.05) is 43.1 Å². The zero-order chi connectivity index (χ0) is 15.4. The van der Waals surface area contributed by atoms with Crippen LogP contribution in [0.4, 0.5) is 5.82 Å². The van der Waals surface area contributed by atoms with Crippen LogP contribution in [0.25, 0.3) is 0 Å². The van der Waals surface area contributed by atoms with E-state index in [0.717, 1.165) is 17.9 Å². The fourth-order valence-corrected chi connectivity index (χ4v) is 2.29. The Morgan fingerprint density at radius 2 is 2.00 bits per heavy atom. The lowest BCUT2D eigenvalue weighted by Gasteiger charge is -2.17. The Kier molecular flexibility index (Phi) is 5.26. The van der Waals surface area contributed by atoms with Crippen molar-refractivity contribution in [2.45, 2.75) is 26.7 Å². The molecule has 0 aliphatic rings. The van der Waals surface area contributed by atoms with E-state index in [1.807, 2.05) is 6.92 Å². The lowest BCUT2D eigenvalue weighted by molar-refractivity contribution is 0.452. The number of nitrogens with one attached hydrogen (secondary N) is 1. The maximum atomic E-state index is 6.16. The lowest BCUT2D eigenvalue weighted by atomic mass is 10.1. The summed E-state index contributed by atoms with van der Waals surface area (Å²) < 4.78 is 5.86. The first-order chi connectivity index (χ1) is 10.0. The van der Waals surface area contributed by atoms with Crippen LogP contribution in [0.2, 0.25) is 10.0 Å². The van der Waals surface area contributed by atoms with E-state index in [1.54, 1.807) is 18.2 Å². The molecule has 0 unspecified atom stereocenters. The fourth-order valence-electron chi connectivity index (χ4n) is 1.96. The van der Waals surface area contributed by atoms with Crippen LogP contribution in [0.5, 0.6) is 11.6 Å². The van der Waals surface area contributed by atoms with Crippen LogP contribution >= 0.6 is 23.2 Å². The van der Waals surface area contributed by atoms with E-state index in [2.05, 4.69) is 29.1 Å². The topological polar surface area (TPSA) is 47.0 Å². The van der Waals surface area contributed by atoms with Crippen molar-refractivity contribution in [3.05, 3.63) is 40.1 Å². The van der Waals surface area contributed by atoms with Gasteiger partial charge in [-0.25, -0.2) is 9.97 Å². The molecule has 6 heteroatoms. The van der Waals surface area contributed by atoms with Crippen molar-refractivity contribution in [3.8, 4) is 11.6 Å². The first kappa shape index (κ1) is 15.9. The molecule has 0 aliphatic carbocycles. The van der Waals surface area contributed by atoms with Gasteiger partial charge in [-0.3, -0.25) is 0 Å². The Morgan fingerprint density at radius 3 is 2.67 bits per heavy atom. The Balaban J connectivity index is 2.44. The molecule has 0 saturated heterocycles. The summed E-state index contributed by atoms with van der Waals surface area (Å²) in [5, 5.41) is 4.04. The van der Waals surface area contributed by atoms with Crippen molar-refractivity contribution in [2.24, 2.45) is 0 Å². The van der Waals surface area contributed by atoms with Gasteiger partial charge in [0.15, 0.2) is 0 Å². The van der Waals surface area contributed by atoms with Gasteiger partial charge in [-0.2, -0.15) is 0 Å². The SMILES string of the molecule is CCNc1ncnc(Oc2cccc(Cl)c2Cl)c1C(C)C. The molecule has 0 atom stereocenters. The molecule has 0 spiro atoms. The maximum absolute atomic E-state index is 6.16. The molecule has 1 heterocycles. The third kappa shape index (κ3) is 3.57. The number of hydrogen-bond donors (Lipinski definition) is 1. The van der Waals surface area contributed by atoms with Gasteiger partial charge in [-0.15, -0.1) is 0 Å². The Morgan fingerprint density at radius 1 is 1.24 bits per heavy atom. The number of hydrogen-bond acceptors (Lipinski definition) is 4. The highest BCUT2D eigenvalue weighted by molar-refractivity contribution is 6.42. The number of nitrogens with zero attached hydrogens (tertiary/aromatic N) is 2. The number of anilines is 1. The largest absolute Gasteiger partial charge is 0.437 e. The van der Waals surface area contributed by atoms with Crippen LogP contribution in [0, 0.1) is 0 Å². The smallest absolute Gasteiger partial charge is 0.227 e. The van der Waals surface area contributed by atoms with Crippen molar-refractivity contribution in [1.29, 1.82) is 0 Å². The summed E-state index contributed by atoms with van der Waals surface area (Å²) in [5.74, 6) is 1.94. The van der Waals surface area contributed by atoms with Gasteiger partial charge in [-0.05, 0) is 25.0 Å². The maximum Gasteiger partial charge on any atom is 0.227 e. The minimum absolute atomic E-state index is 0.202. The van der Waals surface area contributed by atoms with Crippen molar-refractivity contribution in [3.63, 3.8) is 0 Å². The second kappa shape index (κ2) is 6.96. The Bertz CT molecular complexity index is 632. The molecular weight excluding hydrogens is 309 g/mol. The molecule has 1 aromatic carbocycles. The van der Waals surface area contributed by atoms with Crippen LogP contribution in [-0.2, 0) is 0 Å². The van der Waals surface area contributed by atoms with Gasteiger partial charge in [0.25, 0.3) is 0 Å². The number of benzene rings is 1. The summed E-state index contributed by atoms with van der Waals surface area (Å²) in [6.07, 6.45) is 1.47. The van der Waals surface area contributed by atoms with Crippen molar-refractivity contribution in [1.82, 2.24) is 9.97 Å². The summed E-state index contributed by atoms with van der Waals surface area (Å²) in [7, 11) is 0. The molecule has 0 aliphatic heterocycles. The molecule has 0 amide bonds. The van der Waals surface area contributed by atoms with Crippen molar-refractivity contribution < 1.29 is 4.74 Å². The molecule has 2 rings (SSSR count). The van der Waals surface area contributed by atoms with Gasteiger partial charge in [0.05, 0.1) is 10.6 Å². The molecular formula is C15H17Cl2N3O. The minimum Gasteiger partial charge on any atom is -0.437 e. The first-order valence-electron chi connectivity index (χ1n) is 6.75. The number of ether oxygens (including phenoxy) is 1. The van der Waals surface area contributed by atoms with E-state index in [0.29, 0.717) is 21.7 Å². The van der Waals surface area contributed by atoms with Gasteiger partial charge < -0.3 is 10.1 Å². The second-order valence-corrected chi connectivity index (χ2v) is 5.57. The van der Waals surface area contributed by atoms with Gasteiger partial charge in [0.1, 0.15) is 22.9 Å². The van der Waals surface area contributed by atoms with Crippen LogP contribution in [0.15, 0.2) is 24.5 Å². The molecule has 1 aromatic heterocycles. The number of rotatable bonds is 5. The molecule has 0 fully saturated rings. The Hall–Kier alpha value is -1.52. The highest BCUT2D eigenvalue weighted by Gasteiger charge is 2.18. The van der Waals surface area contributed by atoms with Crippen molar-refractivity contribution >= 4 is 29.0 Å². The monoisotopic (exact) mass is 325 g/mol. The molecule has 112 valence electrons. The molecule has 0 radical (unpaired) electrons. The zero-order valence-electron chi connectivity index (χ0n) is 12.2. The molecule has 1 N–H and O–H groups in total. The summed E-state index contributed by atoms with van der Waals surface area (Å²) >= 11 is 12.2. The van der Waals surface area contributed by atoms with E-state index >= 15 is 0 Å². The summed E-state index contributed by atoms with van der Waals surface area (Å²) in [5.41, 5.74) is 0.912. The second-order valence-electron chi connectivity index (χ2n) is 4.78. The fraction of sp³-hybridized carbons (Fsp3) is 0.333. The molecule has 2 aromatic rings. The summed E-state index contributed by atoms with van der Waals surface area (Å²) in [6, 6.07) is 5.25. The standard InChI is InChI=1S/C15H17Cl2N3O/c1-4-18-14-12(9(2)3)15(20-8-19-14)21-11-7-5-6-10(16)13(11)17/h5-9H,4H2,1-3H3,(H,18,19,20). The van der Waals surface area contributed by atoms with Gasteiger partial charge in [0, 0.05) is 6.54 Å². The minimum atomic E-state index is 0.202. The van der Waals surface area contributed by atoms with E-state index in [9.17, 15) is 0 Å².